The fourth-order valence-corrected chi connectivity index (χ4v) is 4.10. The first-order chi connectivity index (χ1) is 15.6. The van der Waals surface area contributed by atoms with Gasteiger partial charge in [-0.05, 0) is 18.6 Å². The van der Waals surface area contributed by atoms with Crippen molar-refractivity contribution in [1.82, 2.24) is 25.1 Å². The van der Waals surface area contributed by atoms with E-state index in [4.69, 9.17) is 4.74 Å². The molecule has 32 heavy (non-hydrogen) atoms. The summed E-state index contributed by atoms with van der Waals surface area (Å²) in [6.45, 7) is 1.99. The van der Waals surface area contributed by atoms with E-state index in [9.17, 15) is 9.59 Å². The Kier molecular flexibility index (Phi) is 6.65. The van der Waals surface area contributed by atoms with Gasteiger partial charge in [0.05, 0.1) is 17.9 Å². The van der Waals surface area contributed by atoms with Gasteiger partial charge in [-0.2, -0.15) is 0 Å². The van der Waals surface area contributed by atoms with Gasteiger partial charge in [0.2, 0.25) is 11.1 Å². The van der Waals surface area contributed by atoms with Crippen LogP contribution in [0.5, 0.6) is 0 Å². The van der Waals surface area contributed by atoms with Crippen LogP contribution in [0.25, 0.3) is 22.1 Å². The van der Waals surface area contributed by atoms with Crippen molar-refractivity contribution in [2.75, 3.05) is 12.4 Å². The number of carbonyl (C=O) groups excluding carboxylic acids is 2. The normalized spacial score (nSPS) is 12.1. The molecule has 0 radical (unpaired) electrons. The standard InChI is InChI=1S/C23H23N5O3S/c1-3-31-22(30)17(13-15-9-5-4-6-10-15)24-19(29)14-32-23-25-21-20(26-27-23)16-11-7-8-12-18(16)28(21)2/h4-12,17H,3,13-14H2,1-2H3,(H,24,29). The highest BCUT2D eigenvalue weighted by atomic mass is 32.2. The van der Waals surface area contributed by atoms with E-state index in [1.165, 1.54) is 11.8 Å². The maximum Gasteiger partial charge on any atom is 0.328 e. The van der Waals surface area contributed by atoms with Gasteiger partial charge in [-0.15, -0.1) is 10.2 Å². The Labute approximate surface area is 189 Å². The van der Waals surface area contributed by atoms with Crippen molar-refractivity contribution in [3.8, 4) is 0 Å². The fourth-order valence-electron chi connectivity index (χ4n) is 3.51. The number of carbonyl (C=O) groups is 2. The average Bonchev–Trinajstić information content (AvgIpc) is 3.10. The molecule has 164 valence electrons. The van der Waals surface area contributed by atoms with Crippen LogP contribution in [0.2, 0.25) is 0 Å². The Morgan fingerprint density at radius 3 is 2.62 bits per heavy atom. The average molecular weight is 450 g/mol. The second-order valence-corrected chi connectivity index (χ2v) is 8.14. The number of nitrogens with one attached hydrogen (secondary N) is 1. The number of thioether (sulfide) groups is 1. The lowest BCUT2D eigenvalue weighted by Gasteiger charge is -2.17. The molecule has 1 amide bonds. The number of esters is 1. The number of aromatic nitrogens is 4. The second kappa shape index (κ2) is 9.78. The third-order valence-electron chi connectivity index (χ3n) is 5.01. The van der Waals surface area contributed by atoms with Crippen molar-refractivity contribution < 1.29 is 14.3 Å². The van der Waals surface area contributed by atoms with Gasteiger partial charge in [-0.25, -0.2) is 9.78 Å². The van der Waals surface area contributed by atoms with E-state index < -0.39 is 12.0 Å². The first kappa shape index (κ1) is 21.8. The number of para-hydroxylation sites is 1. The molecule has 9 heteroatoms. The molecule has 0 spiro atoms. The summed E-state index contributed by atoms with van der Waals surface area (Å²) in [5.41, 5.74) is 3.38. The lowest BCUT2D eigenvalue weighted by atomic mass is 10.1. The van der Waals surface area contributed by atoms with Crippen LogP contribution in [-0.4, -0.2) is 50.0 Å². The van der Waals surface area contributed by atoms with Crippen LogP contribution in [0.15, 0.2) is 59.8 Å². The van der Waals surface area contributed by atoms with Crippen LogP contribution in [-0.2, 0) is 27.8 Å². The zero-order valence-corrected chi connectivity index (χ0v) is 18.6. The minimum absolute atomic E-state index is 0.0574. The monoisotopic (exact) mass is 449 g/mol. The van der Waals surface area contributed by atoms with E-state index in [1.807, 2.05) is 66.2 Å². The van der Waals surface area contributed by atoms with Crippen molar-refractivity contribution in [3.63, 3.8) is 0 Å². The molecule has 0 aliphatic heterocycles. The summed E-state index contributed by atoms with van der Waals surface area (Å²) in [6.07, 6.45) is 0.357. The van der Waals surface area contributed by atoms with Crippen LogP contribution in [0, 0.1) is 0 Å². The number of ether oxygens (including phenoxy) is 1. The summed E-state index contributed by atoms with van der Waals surface area (Å²) < 4.78 is 7.09. The number of fused-ring (bicyclic) bond motifs is 3. The van der Waals surface area contributed by atoms with Crippen LogP contribution >= 0.6 is 11.8 Å². The number of amides is 1. The topological polar surface area (TPSA) is 99.0 Å². The Morgan fingerprint density at radius 1 is 1.09 bits per heavy atom. The fraction of sp³-hybridized carbons (Fsp3) is 0.261. The van der Waals surface area contributed by atoms with E-state index >= 15 is 0 Å². The predicted molar refractivity (Wildman–Crippen MR) is 123 cm³/mol. The molecule has 2 heterocycles. The van der Waals surface area contributed by atoms with Gasteiger partial charge in [0.15, 0.2) is 5.65 Å². The van der Waals surface area contributed by atoms with Gasteiger partial charge in [-0.1, -0.05) is 60.3 Å². The molecule has 0 aliphatic rings. The van der Waals surface area contributed by atoms with E-state index in [1.54, 1.807) is 6.92 Å². The SMILES string of the molecule is CCOC(=O)C(Cc1ccccc1)NC(=O)CSc1nnc2c3ccccc3n(C)c2n1. The minimum Gasteiger partial charge on any atom is -0.464 e. The highest BCUT2D eigenvalue weighted by Crippen LogP contribution is 2.25. The molecule has 4 aromatic rings. The first-order valence-electron chi connectivity index (χ1n) is 10.3. The quantitative estimate of drug-likeness (QED) is 0.326. The minimum atomic E-state index is -0.759. The molecule has 0 bridgehead atoms. The molecule has 2 aromatic carbocycles. The smallest absolute Gasteiger partial charge is 0.328 e. The molecule has 2 aromatic heterocycles. The van der Waals surface area contributed by atoms with Gasteiger partial charge < -0.3 is 14.6 Å². The lowest BCUT2D eigenvalue weighted by molar-refractivity contribution is -0.147. The molecule has 0 fully saturated rings. The molecule has 1 N–H and O–H groups in total. The molecule has 8 nitrogen and oxygen atoms in total. The maximum atomic E-state index is 12.6. The Bertz CT molecular complexity index is 1260. The highest BCUT2D eigenvalue weighted by molar-refractivity contribution is 7.99. The summed E-state index contributed by atoms with van der Waals surface area (Å²) in [5.74, 6) is -0.698. The Morgan fingerprint density at radius 2 is 1.84 bits per heavy atom. The number of benzene rings is 2. The zero-order valence-electron chi connectivity index (χ0n) is 17.8. The summed E-state index contributed by atoms with van der Waals surface area (Å²) in [7, 11) is 1.92. The van der Waals surface area contributed by atoms with E-state index in [2.05, 4.69) is 20.5 Å². The summed E-state index contributed by atoms with van der Waals surface area (Å²) >= 11 is 1.17. The van der Waals surface area contributed by atoms with Crippen LogP contribution in [0.3, 0.4) is 0 Å². The van der Waals surface area contributed by atoms with Gasteiger partial charge in [-0.3, -0.25) is 4.79 Å². The summed E-state index contributed by atoms with van der Waals surface area (Å²) in [4.78, 5) is 29.5. The molecule has 1 atom stereocenters. The third kappa shape index (κ3) is 4.72. The summed E-state index contributed by atoms with van der Waals surface area (Å²) in [5, 5.41) is 12.6. The molecule has 4 rings (SSSR count). The van der Waals surface area contributed by atoms with Crippen LogP contribution < -0.4 is 5.32 Å². The molecular weight excluding hydrogens is 426 g/mol. The number of hydrogen-bond acceptors (Lipinski definition) is 7. The first-order valence-corrected chi connectivity index (χ1v) is 11.3. The second-order valence-electron chi connectivity index (χ2n) is 7.19. The van der Waals surface area contributed by atoms with E-state index in [0.717, 1.165) is 22.0 Å². The van der Waals surface area contributed by atoms with Gasteiger partial charge in [0.25, 0.3) is 0 Å². The number of aryl methyl sites for hydroxylation is 1. The highest BCUT2D eigenvalue weighted by Gasteiger charge is 2.23. The number of hydrogen-bond donors (Lipinski definition) is 1. The van der Waals surface area contributed by atoms with Crippen LogP contribution in [0.4, 0.5) is 0 Å². The van der Waals surface area contributed by atoms with Crippen molar-refractivity contribution in [1.29, 1.82) is 0 Å². The molecule has 0 saturated heterocycles. The molecule has 1 unspecified atom stereocenters. The maximum absolute atomic E-state index is 12.6. The third-order valence-corrected chi connectivity index (χ3v) is 5.85. The summed E-state index contributed by atoms with van der Waals surface area (Å²) in [6, 6.07) is 16.6. The van der Waals surface area contributed by atoms with Crippen molar-refractivity contribution in [2.24, 2.45) is 7.05 Å². The molecule has 0 aliphatic carbocycles. The zero-order chi connectivity index (χ0) is 22.5. The number of rotatable bonds is 8. The van der Waals surface area contributed by atoms with Crippen molar-refractivity contribution >= 4 is 45.7 Å². The largest absolute Gasteiger partial charge is 0.464 e. The van der Waals surface area contributed by atoms with Gasteiger partial charge >= 0.3 is 5.97 Å². The lowest BCUT2D eigenvalue weighted by Crippen LogP contribution is -2.44. The Hall–Kier alpha value is -3.46. The van der Waals surface area contributed by atoms with Gasteiger partial charge in [0, 0.05) is 18.9 Å². The van der Waals surface area contributed by atoms with Crippen molar-refractivity contribution in [2.45, 2.75) is 24.5 Å². The van der Waals surface area contributed by atoms with E-state index in [-0.39, 0.29) is 18.3 Å². The van der Waals surface area contributed by atoms with Crippen LogP contribution in [0.1, 0.15) is 12.5 Å². The van der Waals surface area contributed by atoms with E-state index in [0.29, 0.717) is 17.2 Å². The molecular formula is C23H23N5O3S. The molecule has 0 saturated carbocycles. The Balaban J connectivity index is 1.44. The van der Waals surface area contributed by atoms with Crippen molar-refractivity contribution in [3.05, 3.63) is 60.2 Å². The van der Waals surface area contributed by atoms with Gasteiger partial charge in [0.1, 0.15) is 11.6 Å². The predicted octanol–water partition coefficient (Wildman–Crippen LogP) is 2.90. The number of nitrogens with zero attached hydrogens (tertiary/aromatic N) is 4.